The highest BCUT2D eigenvalue weighted by molar-refractivity contribution is 5.99. The van der Waals surface area contributed by atoms with Crippen molar-refractivity contribution in [2.75, 3.05) is 7.05 Å². The van der Waals surface area contributed by atoms with Gasteiger partial charge in [0.15, 0.2) is 5.78 Å². The van der Waals surface area contributed by atoms with Gasteiger partial charge in [0, 0.05) is 18.5 Å². The predicted molar refractivity (Wildman–Crippen MR) is 95.8 cm³/mol. The minimum absolute atomic E-state index is 0.0157. The molecule has 1 saturated heterocycles. The molecule has 0 aromatic rings. The van der Waals surface area contributed by atoms with Crippen LogP contribution in [0.25, 0.3) is 0 Å². The van der Waals surface area contributed by atoms with Crippen molar-refractivity contribution in [3.63, 3.8) is 0 Å². The maximum absolute atomic E-state index is 13.3. The van der Waals surface area contributed by atoms with Gasteiger partial charge in [-0.25, -0.2) is 0 Å². The Hall–Kier alpha value is -0.910. The van der Waals surface area contributed by atoms with E-state index in [4.69, 9.17) is 4.74 Å². The van der Waals surface area contributed by atoms with Gasteiger partial charge in [0.25, 0.3) is 0 Å². The van der Waals surface area contributed by atoms with E-state index in [1.807, 2.05) is 0 Å². The van der Waals surface area contributed by atoms with Crippen molar-refractivity contribution in [3.05, 3.63) is 11.8 Å². The molecule has 0 aromatic heterocycles. The third-order valence-electron chi connectivity index (χ3n) is 7.00. The van der Waals surface area contributed by atoms with Gasteiger partial charge in [-0.1, -0.05) is 26.2 Å². The van der Waals surface area contributed by atoms with Crippen molar-refractivity contribution < 1.29 is 14.6 Å². The molecule has 25 heavy (non-hydrogen) atoms. The van der Waals surface area contributed by atoms with Crippen LogP contribution in [-0.4, -0.2) is 53.3 Å². The first-order valence-corrected chi connectivity index (χ1v) is 10.2. The van der Waals surface area contributed by atoms with E-state index in [9.17, 15) is 9.90 Å². The van der Waals surface area contributed by atoms with Gasteiger partial charge in [0.05, 0.1) is 30.0 Å². The molecule has 2 aliphatic heterocycles. The second-order valence-electron chi connectivity index (χ2n) is 8.50. The van der Waals surface area contributed by atoms with Crippen molar-refractivity contribution >= 4 is 5.78 Å². The fraction of sp³-hybridized carbons (Fsp3) is 0.850. The Labute approximate surface area is 150 Å². The summed E-state index contributed by atoms with van der Waals surface area (Å²) in [5.74, 6) is 0.389. The molecule has 140 valence electrons. The SMILES string of the molecule is CCCC1CC2C(=O)C(C3NC4CCCCC4N3C)=COC2CC1O. The zero-order valence-corrected chi connectivity index (χ0v) is 15.5. The van der Waals surface area contributed by atoms with Crippen molar-refractivity contribution in [1.82, 2.24) is 10.2 Å². The summed E-state index contributed by atoms with van der Waals surface area (Å²) in [6, 6.07) is 1.03. The maximum atomic E-state index is 13.3. The average molecular weight is 348 g/mol. The largest absolute Gasteiger partial charge is 0.497 e. The van der Waals surface area contributed by atoms with Crippen LogP contribution in [0.5, 0.6) is 0 Å². The Morgan fingerprint density at radius 1 is 1.32 bits per heavy atom. The second-order valence-corrected chi connectivity index (χ2v) is 8.50. The molecule has 2 N–H and O–H groups in total. The summed E-state index contributed by atoms with van der Waals surface area (Å²) in [5.41, 5.74) is 0.796. The fourth-order valence-corrected chi connectivity index (χ4v) is 5.58. The van der Waals surface area contributed by atoms with E-state index in [0.29, 0.717) is 18.5 Å². The highest BCUT2D eigenvalue weighted by atomic mass is 16.5. The van der Waals surface area contributed by atoms with Crippen LogP contribution in [0.4, 0.5) is 0 Å². The Morgan fingerprint density at radius 2 is 2.12 bits per heavy atom. The molecule has 0 aromatic carbocycles. The lowest BCUT2D eigenvalue weighted by molar-refractivity contribution is -0.133. The first-order chi connectivity index (χ1) is 12.1. The number of likely N-dealkylation sites (N-methyl/N-ethyl adjacent to an activating group) is 1. The molecule has 2 saturated carbocycles. The van der Waals surface area contributed by atoms with Crippen molar-refractivity contribution in [2.45, 2.75) is 88.7 Å². The number of ether oxygens (including phenoxy) is 1. The number of hydrogen-bond donors (Lipinski definition) is 2. The van der Waals surface area contributed by atoms with Gasteiger partial charge in [-0.05, 0) is 38.6 Å². The van der Waals surface area contributed by atoms with E-state index in [0.717, 1.165) is 24.8 Å². The van der Waals surface area contributed by atoms with Gasteiger partial charge in [0.1, 0.15) is 6.10 Å². The van der Waals surface area contributed by atoms with Crippen LogP contribution >= 0.6 is 0 Å². The summed E-state index contributed by atoms with van der Waals surface area (Å²) in [4.78, 5) is 15.6. The molecule has 7 atom stereocenters. The number of nitrogens with one attached hydrogen (secondary N) is 1. The molecule has 0 radical (unpaired) electrons. The molecule has 3 fully saturated rings. The number of rotatable bonds is 3. The normalized spacial score (nSPS) is 44.7. The third kappa shape index (κ3) is 3.04. The van der Waals surface area contributed by atoms with Gasteiger partial charge in [-0.15, -0.1) is 0 Å². The Bertz CT molecular complexity index is 549. The summed E-state index contributed by atoms with van der Waals surface area (Å²) in [7, 11) is 2.14. The van der Waals surface area contributed by atoms with Gasteiger partial charge in [0.2, 0.25) is 0 Å². The van der Waals surface area contributed by atoms with Crippen molar-refractivity contribution in [1.29, 1.82) is 0 Å². The molecular formula is C20H32N2O3. The molecular weight excluding hydrogens is 316 g/mol. The minimum atomic E-state index is -0.334. The van der Waals surface area contributed by atoms with Crippen LogP contribution in [0.2, 0.25) is 0 Å². The van der Waals surface area contributed by atoms with E-state index in [2.05, 4.69) is 24.2 Å². The smallest absolute Gasteiger partial charge is 0.171 e. The molecule has 2 heterocycles. The Balaban J connectivity index is 1.51. The van der Waals surface area contributed by atoms with Gasteiger partial charge in [-0.3, -0.25) is 15.0 Å². The van der Waals surface area contributed by atoms with Crippen LogP contribution in [-0.2, 0) is 9.53 Å². The molecule has 2 aliphatic carbocycles. The van der Waals surface area contributed by atoms with E-state index in [1.54, 1.807) is 6.26 Å². The maximum Gasteiger partial charge on any atom is 0.171 e. The van der Waals surface area contributed by atoms with Crippen LogP contribution < -0.4 is 5.32 Å². The van der Waals surface area contributed by atoms with Gasteiger partial charge >= 0.3 is 0 Å². The number of aliphatic hydroxyl groups is 1. The first kappa shape index (κ1) is 17.5. The third-order valence-corrected chi connectivity index (χ3v) is 7.00. The van der Waals surface area contributed by atoms with E-state index in [-0.39, 0.29) is 36.0 Å². The number of aliphatic hydroxyl groups excluding tert-OH is 1. The second kappa shape index (κ2) is 7.01. The highest BCUT2D eigenvalue weighted by Gasteiger charge is 2.48. The summed E-state index contributed by atoms with van der Waals surface area (Å²) >= 11 is 0. The molecule has 5 heteroatoms. The Morgan fingerprint density at radius 3 is 2.88 bits per heavy atom. The number of carbonyl (C=O) groups is 1. The van der Waals surface area contributed by atoms with E-state index < -0.39 is 0 Å². The van der Waals surface area contributed by atoms with Gasteiger partial charge in [-0.2, -0.15) is 0 Å². The fourth-order valence-electron chi connectivity index (χ4n) is 5.58. The minimum Gasteiger partial charge on any atom is -0.497 e. The first-order valence-electron chi connectivity index (χ1n) is 10.2. The van der Waals surface area contributed by atoms with Crippen molar-refractivity contribution in [2.24, 2.45) is 11.8 Å². The summed E-state index contributed by atoms with van der Waals surface area (Å²) in [6.07, 6.45) is 9.56. The molecule has 0 spiro atoms. The topological polar surface area (TPSA) is 61.8 Å². The molecule has 4 rings (SSSR count). The number of hydrogen-bond acceptors (Lipinski definition) is 5. The van der Waals surface area contributed by atoms with Crippen LogP contribution in [0.15, 0.2) is 11.8 Å². The van der Waals surface area contributed by atoms with Crippen LogP contribution in [0, 0.1) is 11.8 Å². The molecule has 0 amide bonds. The quantitative estimate of drug-likeness (QED) is 0.819. The number of ketones is 1. The molecule has 0 bridgehead atoms. The van der Waals surface area contributed by atoms with Crippen LogP contribution in [0.3, 0.4) is 0 Å². The molecule has 4 aliphatic rings. The number of nitrogens with zero attached hydrogens (tertiary/aromatic N) is 1. The van der Waals surface area contributed by atoms with Crippen LogP contribution in [0.1, 0.15) is 58.3 Å². The summed E-state index contributed by atoms with van der Waals surface area (Å²) in [5, 5.41) is 14.0. The molecule has 5 nitrogen and oxygen atoms in total. The average Bonchev–Trinajstić information content (AvgIpc) is 2.94. The molecule has 7 unspecified atom stereocenters. The lowest BCUT2D eigenvalue weighted by atomic mass is 9.72. The van der Waals surface area contributed by atoms with Gasteiger partial charge < -0.3 is 9.84 Å². The summed E-state index contributed by atoms with van der Waals surface area (Å²) < 4.78 is 5.97. The zero-order valence-electron chi connectivity index (χ0n) is 15.5. The monoisotopic (exact) mass is 348 g/mol. The number of Topliss-reactive ketones (excluding diaryl/α,β-unsaturated/α-hetero) is 1. The van der Waals surface area contributed by atoms with Crippen molar-refractivity contribution in [3.8, 4) is 0 Å². The standard InChI is InChI=1S/C20H32N2O3/c1-3-6-12-9-13-18(10-17(12)23)25-11-14(19(13)24)20-21-15-7-4-5-8-16(15)22(20)2/h11-13,15-18,20-21,23H,3-10H2,1-2H3. The lowest BCUT2D eigenvalue weighted by Crippen LogP contribution is -2.49. The lowest BCUT2D eigenvalue weighted by Gasteiger charge is -2.41. The highest BCUT2D eigenvalue weighted by Crippen LogP contribution is 2.40. The zero-order chi connectivity index (χ0) is 17.6. The van der Waals surface area contributed by atoms with E-state index >= 15 is 0 Å². The van der Waals surface area contributed by atoms with E-state index in [1.165, 1.54) is 25.7 Å². The number of fused-ring (bicyclic) bond motifs is 2. The number of carbonyl (C=O) groups excluding carboxylic acids is 1. The Kier molecular flexibility index (Phi) is 4.91. The summed E-state index contributed by atoms with van der Waals surface area (Å²) in [6.45, 7) is 2.14. The predicted octanol–water partition coefficient (Wildman–Crippen LogP) is 2.20.